The second-order valence-corrected chi connectivity index (χ2v) is 4.33. The van der Waals surface area contributed by atoms with Crippen molar-refractivity contribution in [2.75, 3.05) is 25.5 Å². The Kier molecular flexibility index (Phi) is 16.3. The summed E-state index contributed by atoms with van der Waals surface area (Å²) in [5, 5.41) is 7.81. The van der Waals surface area contributed by atoms with Gasteiger partial charge in [0.2, 0.25) is 11.8 Å². The molecule has 7 heteroatoms. The van der Waals surface area contributed by atoms with Crippen LogP contribution in [0.25, 0.3) is 0 Å². The number of carbonyl (C=O) groups excluding carboxylic acids is 3. The highest BCUT2D eigenvalue weighted by molar-refractivity contribution is 5.94. The lowest BCUT2D eigenvalue weighted by atomic mass is 10.2. The van der Waals surface area contributed by atoms with Crippen molar-refractivity contribution < 1.29 is 19.1 Å². The van der Waals surface area contributed by atoms with E-state index in [0.717, 1.165) is 5.56 Å². The van der Waals surface area contributed by atoms with Crippen molar-refractivity contribution in [2.45, 2.75) is 41.2 Å². The molecule has 0 fully saturated rings. The van der Waals surface area contributed by atoms with E-state index in [-0.39, 0.29) is 37.5 Å². The first-order valence-corrected chi connectivity index (χ1v) is 8.44. The fourth-order valence-corrected chi connectivity index (χ4v) is 1.48. The summed E-state index contributed by atoms with van der Waals surface area (Å²) >= 11 is 0. The van der Waals surface area contributed by atoms with Crippen LogP contribution in [0.5, 0.6) is 0 Å². The van der Waals surface area contributed by atoms with E-state index in [9.17, 15) is 14.4 Å². The number of carbonyl (C=O) groups is 3. The molecule has 0 aliphatic rings. The van der Waals surface area contributed by atoms with Crippen LogP contribution >= 0.6 is 0 Å². The fraction of sp³-hybridized carbons (Fsp3) is 0.500. The molecule has 0 radical (unpaired) electrons. The van der Waals surface area contributed by atoms with E-state index in [4.69, 9.17) is 4.74 Å². The van der Waals surface area contributed by atoms with Crippen molar-refractivity contribution in [3.8, 4) is 0 Å². The standard InChI is InChI=1S/C14H19N3O4.2C2H6/c1-10(18)21-9-11-3-5-12(6-4-11)17-14(20)8-16-13(19)7-15-2;2*1-2/h3-6,15H,7-9H2,1-2H3,(H,16,19)(H,17,20);2*1-2H3. The van der Waals surface area contributed by atoms with Crippen LogP contribution in [0, 0.1) is 0 Å². The minimum atomic E-state index is -0.343. The number of rotatable bonds is 7. The Hall–Kier alpha value is -2.41. The lowest BCUT2D eigenvalue weighted by Gasteiger charge is -2.08. The molecule has 25 heavy (non-hydrogen) atoms. The summed E-state index contributed by atoms with van der Waals surface area (Å²) in [7, 11) is 1.65. The van der Waals surface area contributed by atoms with Crippen LogP contribution in [0.3, 0.4) is 0 Å². The summed E-state index contributed by atoms with van der Waals surface area (Å²) in [5.74, 6) is -0.902. The monoisotopic (exact) mass is 353 g/mol. The van der Waals surface area contributed by atoms with Crippen LogP contribution < -0.4 is 16.0 Å². The third kappa shape index (κ3) is 13.7. The van der Waals surface area contributed by atoms with Crippen molar-refractivity contribution in [3.63, 3.8) is 0 Å². The molecule has 142 valence electrons. The molecule has 0 spiro atoms. The highest BCUT2D eigenvalue weighted by atomic mass is 16.5. The molecular formula is C18H31N3O4. The van der Waals surface area contributed by atoms with Gasteiger partial charge in [0.05, 0.1) is 13.1 Å². The zero-order valence-corrected chi connectivity index (χ0v) is 16.1. The number of ether oxygens (including phenoxy) is 1. The molecule has 1 aromatic carbocycles. The molecule has 1 rings (SSSR count). The lowest BCUT2D eigenvalue weighted by Crippen LogP contribution is -2.37. The number of esters is 1. The Balaban J connectivity index is 0. The molecule has 7 nitrogen and oxygen atoms in total. The first-order valence-electron chi connectivity index (χ1n) is 8.44. The Bertz CT molecular complexity index is 502. The van der Waals surface area contributed by atoms with E-state index in [1.807, 2.05) is 27.7 Å². The lowest BCUT2D eigenvalue weighted by molar-refractivity contribution is -0.142. The van der Waals surface area contributed by atoms with Crippen molar-refractivity contribution in [3.05, 3.63) is 29.8 Å². The van der Waals surface area contributed by atoms with Gasteiger partial charge in [-0.1, -0.05) is 39.8 Å². The third-order valence-electron chi connectivity index (χ3n) is 2.46. The van der Waals surface area contributed by atoms with E-state index in [1.54, 1.807) is 31.3 Å². The Morgan fingerprint density at radius 3 is 1.96 bits per heavy atom. The van der Waals surface area contributed by atoms with Gasteiger partial charge in [0.25, 0.3) is 0 Å². The van der Waals surface area contributed by atoms with Gasteiger partial charge in [-0.25, -0.2) is 0 Å². The van der Waals surface area contributed by atoms with Gasteiger partial charge in [0.15, 0.2) is 0 Å². The molecule has 0 aliphatic carbocycles. The SMILES string of the molecule is CC.CC.CNCC(=O)NCC(=O)Nc1ccc(COC(C)=O)cc1. The molecule has 0 aliphatic heterocycles. The summed E-state index contributed by atoms with van der Waals surface area (Å²) in [6, 6.07) is 6.90. The molecule has 0 bridgehead atoms. The average molecular weight is 353 g/mol. The van der Waals surface area contributed by atoms with E-state index in [0.29, 0.717) is 5.69 Å². The predicted molar refractivity (Wildman–Crippen MR) is 100 cm³/mol. The number of anilines is 1. The summed E-state index contributed by atoms with van der Waals surface area (Å²) in [6.07, 6.45) is 0. The molecule has 0 saturated carbocycles. The first kappa shape index (κ1) is 24.8. The van der Waals surface area contributed by atoms with Crippen LogP contribution in [0.1, 0.15) is 40.2 Å². The first-order chi connectivity index (χ1) is 12.0. The molecule has 3 N–H and O–H groups in total. The highest BCUT2D eigenvalue weighted by Gasteiger charge is 2.05. The van der Waals surface area contributed by atoms with E-state index in [2.05, 4.69) is 16.0 Å². The van der Waals surface area contributed by atoms with Crippen molar-refractivity contribution in [2.24, 2.45) is 0 Å². The van der Waals surface area contributed by atoms with Gasteiger partial charge in [-0.3, -0.25) is 14.4 Å². The number of benzene rings is 1. The Morgan fingerprint density at radius 1 is 0.920 bits per heavy atom. The zero-order valence-electron chi connectivity index (χ0n) is 16.1. The minimum Gasteiger partial charge on any atom is -0.461 e. The number of amides is 2. The van der Waals surface area contributed by atoms with Crippen LogP contribution in [-0.2, 0) is 25.7 Å². The molecule has 0 unspecified atom stereocenters. The van der Waals surface area contributed by atoms with Gasteiger partial charge in [0, 0.05) is 12.6 Å². The molecule has 0 heterocycles. The largest absolute Gasteiger partial charge is 0.461 e. The van der Waals surface area contributed by atoms with Gasteiger partial charge < -0.3 is 20.7 Å². The van der Waals surface area contributed by atoms with Crippen LogP contribution in [0.2, 0.25) is 0 Å². The second-order valence-electron chi connectivity index (χ2n) is 4.33. The summed E-state index contributed by atoms with van der Waals surface area (Å²) < 4.78 is 4.86. The van der Waals surface area contributed by atoms with Gasteiger partial charge in [-0.05, 0) is 24.7 Å². The van der Waals surface area contributed by atoms with E-state index >= 15 is 0 Å². The maximum Gasteiger partial charge on any atom is 0.302 e. The maximum absolute atomic E-state index is 11.6. The van der Waals surface area contributed by atoms with E-state index in [1.165, 1.54) is 6.92 Å². The highest BCUT2D eigenvalue weighted by Crippen LogP contribution is 2.10. The molecular weight excluding hydrogens is 322 g/mol. The normalized spacial score (nSPS) is 8.72. The quantitative estimate of drug-likeness (QED) is 0.652. The van der Waals surface area contributed by atoms with Crippen molar-refractivity contribution >= 4 is 23.5 Å². The van der Waals surface area contributed by atoms with Crippen molar-refractivity contribution in [1.82, 2.24) is 10.6 Å². The Labute approximate surface area is 150 Å². The molecule has 0 atom stereocenters. The minimum absolute atomic E-state index is 0.0876. The smallest absolute Gasteiger partial charge is 0.302 e. The van der Waals surface area contributed by atoms with Gasteiger partial charge in [-0.2, -0.15) is 0 Å². The number of hydrogen-bond acceptors (Lipinski definition) is 5. The second kappa shape index (κ2) is 16.4. The molecule has 1 aromatic rings. The fourth-order valence-electron chi connectivity index (χ4n) is 1.48. The van der Waals surface area contributed by atoms with Crippen molar-refractivity contribution in [1.29, 1.82) is 0 Å². The maximum atomic E-state index is 11.6. The summed E-state index contributed by atoms with van der Waals surface area (Å²) in [6.45, 7) is 9.62. The summed E-state index contributed by atoms with van der Waals surface area (Å²) in [4.78, 5) is 33.5. The predicted octanol–water partition coefficient (Wildman–Crippen LogP) is 2.08. The van der Waals surface area contributed by atoms with Crippen LogP contribution in [-0.4, -0.2) is 37.9 Å². The van der Waals surface area contributed by atoms with Gasteiger partial charge in [-0.15, -0.1) is 0 Å². The van der Waals surface area contributed by atoms with Crippen LogP contribution in [0.15, 0.2) is 24.3 Å². The summed E-state index contributed by atoms with van der Waals surface area (Å²) in [5.41, 5.74) is 1.43. The average Bonchev–Trinajstić information content (AvgIpc) is 2.63. The van der Waals surface area contributed by atoms with Gasteiger partial charge >= 0.3 is 5.97 Å². The Morgan fingerprint density at radius 2 is 1.48 bits per heavy atom. The third-order valence-corrected chi connectivity index (χ3v) is 2.46. The topological polar surface area (TPSA) is 96.5 Å². The molecule has 2 amide bonds. The van der Waals surface area contributed by atoms with E-state index < -0.39 is 0 Å². The molecule has 0 saturated heterocycles. The number of hydrogen-bond donors (Lipinski definition) is 3. The number of likely N-dealkylation sites (N-methyl/N-ethyl adjacent to an activating group) is 1. The molecule has 0 aromatic heterocycles. The number of nitrogens with one attached hydrogen (secondary N) is 3. The van der Waals surface area contributed by atoms with Gasteiger partial charge in [0.1, 0.15) is 6.61 Å². The van der Waals surface area contributed by atoms with Crippen LogP contribution in [0.4, 0.5) is 5.69 Å². The zero-order chi connectivity index (χ0) is 19.7.